The van der Waals surface area contributed by atoms with Crippen LogP contribution in [0.5, 0.6) is 0 Å². The van der Waals surface area contributed by atoms with E-state index < -0.39 is 0 Å². The van der Waals surface area contributed by atoms with E-state index in [1.165, 1.54) is 0 Å². The predicted octanol–water partition coefficient (Wildman–Crippen LogP) is 3.69. The number of rotatable bonds is 5. The van der Waals surface area contributed by atoms with Crippen LogP contribution >= 0.6 is 0 Å². The second kappa shape index (κ2) is 9.31. The SMILES string of the molecule is CC(c1ccc(-c2ccccc2)c(F)c1)c1cc(CN=C(N)N2CCN(C)CC2)no1. The minimum absolute atomic E-state index is 0.125. The lowest BCUT2D eigenvalue weighted by atomic mass is 9.95. The molecule has 1 fully saturated rings. The van der Waals surface area contributed by atoms with Crippen LogP contribution in [0, 0.1) is 5.82 Å². The van der Waals surface area contributed by atoms with Gasteiger partial charge < -0.3 is 20.1 Å². The van der Waals surface area contributed by atoms with Gasteiger partial charge in [0.05, 0.1) is 6.54 Å². The topological polar surface area (TPSA) is 70.9 Å². The van der Waals surface area contributed by atoms with Crippen molar-refractivity contribution >= 4 is 5.96 Å². The summed E-state index contributed by atoms with van der Waals surface area (Å²) in [5.74, 6) is 0.832. The highest BCUT2D eigenvalue weighted by Gasteiger charge is 2.18. The molecule has 1 aromatic heterocycles. The molecule has 2 heterocycles. The molecule has 0 aliphatic carbocycles. The van der Waals surface area contributed by atoms with Crippen LogP contribution in [0.15, 0.2) is 64.1 Å². The maximum Gasteiger partial charge on any atom is 0.191 e. The Morgan fingerprint density at radius 1 is 1.13 bits per heavy atom. The highest BCUT2D eigenvalue weighted by molar-refractivity contribution is 5.78. The van der Waals surface area contributed by atoms with Gasteiger partial charge in [-0.2, -0.15) is 0 Å². The molecule has 2 aromatic carbocycles. The predicted molar refractivity (Wildman–Crippen MR) is 120 cm³/mol. The summed E-state index contributed by atoms with van der Waals surface area (Å²) < 4.78 is 20.3. The van der Waals surface area contributed by atoms with Crippen molar-refractivity contribution in [2.24, 2.45) is 10.7 Å². The molecule has 3 aromatic rings. The summed E-state index contributed by atoms with van der Waals surface area (Å²) in [7, 11) is 2.10. The Balaban J connectivity index is 1.43. The summed E-state index contributed by atoms with van der Waals surface area (Å²) in [5, 5.41) is 4.12. The van der Waals surface area contributed by atoms with Gasteiger partial charge in [-0.05, 0) is 24.2 Å². The van der Waals surface area contributed by atoms with Crippen molar-refractivity contribution in [3.05, 3.63) is 77.4 Å². The third-order valence-electron chi connectivity index (χ3n) is 5.81. The zero-order valence-electron chi connectivity index (χ0n) is 18.0. The lowest BCUT2D eigenvalue weighted by Gasteiger charge is -2.32. The van der Waals surface area contributed by atoms with E-state index in [1.54, 1.807) is 6.07 Å². The number of aromatic nitrogens is 1. The Kier molecular flexibility index (Phi) is 6.32. The van der Waals surface area contributed by atoms with Crippen molar-refractivity contribution < 1.29 is 8.91 Å². The third-order valence-corrected chi connectivity index (χ3v) is 5.81. The number of hydrogen-bond donors (Lipinski definition) is 1. The number of benzene rings is 2. The average Bonchev–Trinajstić information content (AvgIpc) is 3.27. The van der Waals surface area contributed by atoms with Gasteiger partial charge in [-0.3, -0.25) is 0 Å². The van der Waals surface area contributed by atoms with E-state index in [-0.39, 0.29) is 11.7 Å². The van der Waals surface area contributed by atoms with E-state index in [4.69, 9.17) is 10.3 Å². The number of guanidine groups is 1. The van der Waals surface area contributed by atoms with Gasteiger partial charge in [0.25, 0.3) is 0 Å². The van der Waals surface area contributed by atoms with Crippen LogP contribution in [-0.4, -0.2) is 54.1 Å². The molecule has 0 bridgehead atoms. The van der Waals surface area contributed by atoms with E-state index >= 15 is 0 Å². The summed E-state index contributed by atoms with van der Waals surface area (Å²) >= 11 is 0. The fourth-order valence-electron chi connectivity index (χ4n) is 3.72. The van der Waals surface area contributed by atoms with Crippen molar-refractivity contribution in [3.8, 4) is 11.1 Å². The van der Waals surface area contributed by atoms with Crippen molar-refractivity contribution in [1.82, 2.24) is 15.0 Å². The average molecular weight is 422 g/mol. The molecule has 7 heteroatoms. The fraction of sp³-hybridized carbons (Fsp3) is 0.333. The standard InChI is InChI=1S/C24H28FN5O/c1-17(19-8-9-21(22(25)14-19)18-6-4-3-5-7-18)23-15-20(28-31-23)16-27-24(26)30-12-10-29(2)11-13-30/h3-9,14-15,17H,10-13,16H2,1-2H3,(H2,26,27). The number of piperazine rings is 1. The lowest BCUT2D eigenvalue weighted by molar-refractivity contribution is 0.213. The zero-order chi connectivity index (χ0) is 21.8. The first-order chi connectivity index (χ1) is 15.0. The van der Waals surface area contributed by atoms with Crippen LogP contribution in [-0.2, 0) is 6.54 Å². The first-order valence-corrected chi connectivity index (χ1v) is 10.5. The molecule has 0 amide bonds. The number of nitrogens with zero attached hydrogens (tertiary/aromatic N) is 4. The van der Waals surface area contributed by atoms with Crippen LogP contribution in [0.4, 0.5) is 4.39 Å². The van der Waals surface area contributed by atoms with Crippen molar-refractivity contribution in [1.29, 1.82) is 0 Å². The van der Waals surface area contributed by atoms with Crippen molar-refractivity contribution in [2.45, 2.75) is 19.4 Å². The summed E-state index contributed by atoms with van der Waals surface area (Å²) in [6.07, 6.45) is 0. The van der Waals surface area contributed by atoms with Crippen LogP contribution in [0.1, 0.15) is 29.9 Å². The Labute approximate surface area is 182 Å². The molecule has 162 valence electrons. The second-order valence-electron chi connectivity index (χ2n) is 8.01. The molecule has 1 aliphatic rings. The quantitative estimate of drug-likeness (QED) is 0.503. The Morgan fingerprint density at radius 2 is 1.87 bits per heavy atom. The monoisotopic (exact) mass is 421 g/mol. The molecule has 6 nitrogen and oxygen atoms in total. The smallest absolute Gasteiger partial charge is 0.191 e. The third kappa shape index (κ3) is 4.94. The second-order valence-corrected chi connectivity index (χ2v) is 8.01. The van der Waals surface area contributed by atoms with E-state index in [9.17, 15) is 4.39 Å². The number of aliphatic imine (C=N–C) groups is 1. The maximum atomic E-state index is 14.7. The summed E-state index contributed by atoms with van der Waals surface area (Å²) in [6.45, 7) is 6.02. The first kappa shape index (κ1) is 21.1. The number of nitrogens with two attached hydrogens (primary N) is 1. The van der Waals surface area contributed by atoms with Crippen LogP contribution in [0.3, 0.4) is 0 Å². The highest BCUT2D eigenvalue weighted by Crippen LogP contribution is 2.29. The number of hydrogen-bond acceptors (Lipinski definition) is 4. The van der Waals surface area contributed by atoms with Gasteiger partial charge in [0.1, 0.15) is 17.3 Å². The summed E-state index contributed by atoms with van der Waals surface area (Å²) in [4.78, 5) is 8.82. The minimum Gasteiger partial charge on any atom is -0.370 e. The summed E-state index contributed by atoms with van der Waals surface area (Å²) in [5.41, 5.74) is 9.12. The van der Waals surface area contributed by atoms with Gasteiger partial charge in [-0.1, -0.05) is 54.5 Å². The summed E-state index contributed by atoms with van der Waals surface area (Å²) in [6, 6.07) is 16.7. The molecule has 1 unspecified atom stereocenters. The first-order valence-electron chi connectivity index (χ1n) is 10.5. The number of likely N-dealkylation sites (N-methyl/N-ethyl adjacent to an activating group) is 1. The van der Waals surface area contributed by atoms with Gasteiger partial charge in [0, 0.05) is 43.7 Å². The molecule has 0 spiro atoms. The molecular weight excluding hydrogens is 393 g/mol. The Morgan fingerprint density at radius 3 is 2.58 bits per heavy atom. The molecule has 2 N–H and O–H groups in total. The van der Waals surface area contributed by atoms with Gasteiger partial charge in [0.2, 0.25) is 0 Å². The molecule has 0 saturated carbocycles. The van der Waals surface area contributed by atoms with Crippen molar-refractivity contribution in [3.63, 3.8) is 0 Å². The highest BCUT2D eigenvalue weighted by atomic mass is 19.1. The van der Waals surface area contributed by atoms with Gasteiger partial charge in [-0.25, -0.2) is 9.38 Å². The van der Waals surface area contributed by atoms with Gasteiger partial charge >= 0.3 is 0 Å². The molecule has 31 heavy (non-hydrogen) atoms. The normalized spacial score (nSPS) is 16.5. The largest absolute Gasteiger partial charge is 0.370 e. The Bertz CT molecular complexity index is 1040. The van der Waals surface area contributed by atoms with Crippen LogP contribution in [0.25, 0.3) is 11.1 Å². The van der Waals surface area contributed by atoms with E-state index in [0.717, 1.165) is 37.3 Å². The molecule has 0 radical (unpaired) electrons. The van der Waals surface area contributed by atoms with Gasteiger partial charge in [0.15, 0.2) is 5.96 Å². The van der Waals surface area contributed by atoms with Crippen LogP contribution < -0.4 is 5.73 Å². The fourth-order valence-corrected chi connectivity index (χ4v) is 3.72. The number of halogens is 1. The van der Waals surface area contributed by atoms with E-state index in [1.807, 2.05) is 55.5 Å². The van der Waals surface area contributed by atoms with Crippen molar-refractivity contribution in [2.75, 3.05) is 33.2 Å². The lowest BCUT2D eigenvalue weighted by Crippen LogP contribution is -2.49. The molecule has 1 aliphatic heterocycles. The molecular formula is C24H28FN5O. The van der Waals surface area contributed by atoms with E-state index in [0.29, 0.717) is 29.5 Å². The zero-order valence-corrected chi connectivity index (χ0v) is 18.0. The van der Waals surface area contributed by atoms with E-state index in [2.05, 4.69) is 27.0 Å². The molecule has 1 atom stereocenters. The maximum absolute atomic E-state index is 14.7. The van der Waals surface area contributed by atoms with Gasteiger partial charge in [-0.15, -0.1) is 0 Å². The minimum atomic E-state index is -0.250. The van der Waals surface area contributed by atoms with Crippen LogP contribution in [0.2, 0.25) is 0 Å². The Hall–Kier alpha value is -3.19. The molecule has 4 rings (SSSR count). The molecule has 1 saturated heterocycles.